The number of carboxylic acid groups (broad SMARTS) is 1. The predicted octanol–water partition coefficient (Wildman–Crippen LogP) is 0.390. The van der Waals surface area contributed by atoms with Gasteiger partial charge in [0.25, 0.3) is 0 Å². The quantitative estimate of drug-likeness (QED) is 0.0537. The van der Waals surface area contributed by atoms with Crippen molar-refractivity contribution >= 4 is 11.9 Å². The van der Waals surface area contributed by atoms with E-state index < -0.39 is 11.9 Å². The number of carbonyl (C=O) groups is 2. The molecule has 0 atom stereocenters. The van der Waals surface area contributed by atoms with Gasteiger partial charge in [-0.25, -0.2) is 4.79 Å². The standard InChI is InChI=1S/C30H56O16/c1-2-30(33)46-28-27-45-26-25-44-24-23-43-22-21-42-20-19-41-18-17-40-16-15-39-14-13-38-12-11-37-10-9-36-8-7-35-6-5-34-4-3-29(31)32/h2H,1,3-28H2,(H,31,32). The Labute approximate surface area is 272 Å². The first-order valence-corrected chi connectivity index (χ1v) is 15.6. The first kappa shape index (κ1) is 44.2. The summed E-state index contributed by atoms with van der Waals surface area (Å²) in [5, 5.41) is 8.48. The molecular formula is C30H56O16. The Hall–Kier alpha value is -1.80. The van der Waals surface area contributed by atoms with Gasteiger partial charge in [-0.2, -0.15) is 0 Å². The topological polar surface area (TPSA) is 174 Å². The van der Waals surface area contributed by atoms with E-state index in [1.807, 2.05) is 0 Å². The fraction of sp³-hybridized carbons (Fsp3) is 0.867. The highest BCUT2D eigenvalue weighted by molar-refractivity contribution is 5.81. The molecule has 0 saturated carbocycles. The Balaban J connectivity index is 3.06. The normalized spacial score (nSPS) is 11.2. The molecule has 0 radical (unpaired) electrons. The second-order valence-electron chi connectivity index (χ2n) is 8.86. The molecule has 0 aliphatic heterocycles. The van der Waals surface area contributed by atoms with Crippen molar-refractivity contribution in [1.29, 1.82) is 0 Å². The third-order valence-electron chi connectivity index (χ3n) is 5.19. The van der Waals surface area contributed by atoms with Crippen LogP contribution in [0.15, 0.2) is 12.7 Å². The minimum Gasteiger partial charge on any atom is -0.481 e. The number of rotatable bonds is 40. The molecular weight excluding hydrogens is 616 g/mol. The highest BCUT2D eigenvalue weighted by atomic mass is 16.6. The van der Waals surface area contributed by atoms with E-state index >= 15 is 0 Å². The van der Waals surface area contributed by atoms with E-state index in [1.54, 1.807) is 0 Å². The van der Waals surface area contributed by atoms with Crippen LogP contribution < -0.4 is 0 Å². The van der Waals surface area contributed by atoms with Gasteiger partial charge in [-0.15, -0.1) is 0 Å². The summed E-state index contributed by atoms with van der Waals surface area (Å²) >= 11 is 0. The molecule has 0 aromatic heterocycles. The third-order valence-corrected chi connectivity index (χ3v) is 5.19. The molecule has 0 aromatic rings. The average Bonchev–Trinajstić information content (AvgIpc) is 3.05. The van der Waals surface area contributed by atoms with Crippen LogP contribution in [0, 0.1) is 0 Å². The third kappa shape index (κ3) is 40.2. The SMILES string of the molecule is C=CC(=O)OCCOCCOCCOCCOCCOCCOCCOCCOCCOCCOCCOCCOCCC(=O)O. The van der Waals surface area contributed by atoms with Gasteiger partial charge in [-0.05, 0) is 0 Å². The van der Waals surface area contributed by atoms with Crippen molar-refractivity contribution in [3.63, 3.8) is 0 Å². The number of carboxylic acids is 1. The summed E-state index contributed by atoms with van der Waals surface area (Å²) in [5.41, 5.74) is 0. The van der Waals surface area contributed by atoms with Crippen LogP contribution in [-0.2, 0) is 71.2 Å². The van der Waals surface area contributed by atoms with Gasteiger partial charge in [0.15, 0.2) is 0 Å². The summed E-state index contributed by atoms with van der Waals surface area (Å²) in [5.74, 6) is -1.34. The second kappa shape index (κ2) is 39.4. The zero-order chi connectivity index (χ0) is 33.4. The lowest BCUT2D eigenvalue weighted by Crippen LogP contribution is -2.15. The molecule has 0 heterocycles. The number of aliphatic carboxylic acids is 1. The molecule has 46 heavy (non-hydrogen) atoms. The monoisotopic (exact) mass is 672 g/mol. The van der Waals surface area contributed by atoms with Gasteiger partial charge in [0.1, 0.15) is 6.61 Å². The Kier molecular flexibility index (Phi) is 37.8. The number of hydrogen-bond acceptors (Lipinski definition) is 15. The molecule has 0 unspecified atom stereocenters. The Morgan fingerprint density at radius 1 is 0.370 bits per heavy atom. The zero-order valence-electron chi connectivity index (χ0n) is 27.2. The van der Waals surface area contributed by atoms with Gasteiger partial charge < -0.3 is 66.7 Å². The van der Waals surface area contributed by atoms with Crippen molar-refractivity contribution in [1.82, 2.24) is 0 Å². The van der Waals surface area contributed by atoms with Gasteiger partial charge in [0.2, 0.25) is 0 Å². The molecule has 0 rings (SSSR count). The summed E-state index contributed by atoms with van der Waals surface area (Å²) in [6.45, 7) is 14.1. The van der Waals surface area contributed by atoms with E-state index in [9.17, 15) is 9.59 Å². The largest absolute Gasteiger partial charge is 0.481 e. The van der Waals surface area contributed by atoms with Crippen LogP contribution in [0.4, 0.5) is 0 Å². The van der Waals surface area contributed by atoms with Crippen LogP contribution in [-0.4, -0.2) is 182 Å². The first-order chi connectivity index (χ1) is 22.7. The van der Waals surface area contributed by atoms with Crippen molar-refractivity contribution in [3.8, 4) is 0 Å². The van der Waals surface area contributed by atoms with Crippen LogP contribution in [0.25, 0.3) is 0 Å². The lowest BCUT2D eigenvalue weighted by atomic mass is 10.5. The Morgan fingerprint density at radius 3 is 0.761 bits per heavy atom. The fourth-order valence-corrected chi connectivity index (χ4v) is 2.94. The van der Waals surface area contributed by atoms with Gasteiger partial charge >= 0.3 is 11.9 Å². The summed E-state index contributed by atoms with van der Waals surface area (Å²) in [4.78, 5) is 21.2. The molecule has 0 fully saturated rings. The van der Waals surface area contributed by atoms with Gasteiger partial charge in [0, 0.05) is 6.08 Å². The van der Waals surface area contributed by atoms with Crippen LogP contribution in [0.3, 0.4) is 0 Å². The number of esters is 1. The van der Waals surface area contributed by atoms with Crippen molar-refractivity contribution in [3.05, 3.63) is 12.7 Å². The molecule has 0 saturated heterocycles. The van der Waals surface area contributed by atoms with Crippen molar-refractivity contribution in [2.24, 2.45) is 0 Å². The number of hydrogen-bond donors (Lipinski definition) is 1. The van der Waals surface area contributed by atoms with E-state index in [0.29, 0.717) is 152 Å². The van der Waals surface area contributed by atoms with Gasteiger partial charge in [-0.1, -0.05) is 6.58 Å². The average molecular weight is 673 g/mol. The number of carbonyl (C=O) groups excluding carboxylic acids is 1. The molecule has 16 heteroatoms. The molecule has 0 aromatic carbocycles. The van der Waals surface area contributed by atoms with Gasteiger partial charge in [0.05, 0.1) is 165 Å². The maximum atomic E-state index is 10.8. The van der Waals surface area contributed by atoms with Crippen molar-refractivity contribution in [2.75, 3.05) is 165 Å². The van der Waals surface area contributed by atoms with Crippen LogP contribution >= 0.6 is 0 Å². The van der Waals surface area contributed by atoms with E-state index in [4.69, 9.17) is 66.7 Å². The highest BCUT2D eigenvalue weighted by Gasteiger charge is 1.98. The van der Waals surface area contributed by atoms with E-state index in [-0.39, 0.29) is 19.6 Å². The summed E-state index contributed by atoms with van der Waals surface area (Å²) < 4.78 is 69.3. The molecule has 1 N–H and O–H groups in total. The molecule has 0 amide bonds. The van der Waals surface area contributed by atoms with E-state index in [1.165, 1.54) is 0 Å². The van der Waals surface area contributed by atoms with Crippen molar-refractivity contribution in [2.45, 2.75) is 6.42 Å². The molecule has 0 aliphatic rings. The Bertz CT molecular complexity index is 654. The lowest BCUT2D eigenvalue weighted by Gasteiger charge is -2.09. The molecule has 0 aliphatic carbocycles. The van der Waals surface area contributed by atoms with E-state index in [0.717, 1.165) is 6.08 Å². The minimum absolute atomic E-state index is 0.00639. The predicted molar refractivity (Wildman–Crippen MR) is 163 cm³/mol. The minimum atomic E-state index is -0.878. The lowest BCUT2D eigenvalue weighted by molar-refractivity contribution is -0.140. The molecule has 0 spiro atoms. The summed E-state index contributed by atoms with van der Waals surface area (Å²) in [6.07, 6.45) is 1.10. The second-order valence-corrected chi connectivity index (χ2v) is 8.86. The smallest absolute Gasteiger partial charge is 0.330 e. The van der Waals surface area contributed by atoms with Crippen LogP contribution in [0.2, 0.25) is 0 Å². The van der Waals surface area contributed by atoms with Crippen molar-refractivity contribution < 1.29 is 76.3 Å². The van der Waals surface area contributed by atoms with Gasteiger partial charge in [-0.3, -0.25) is 4.79 Å². The highest BCUT2D eigenvalue weighted by Crippen LogP contribution is 1.88. The van der Waals surface area contributed by atoms with Crippen LogP contribution in [0.5, 0.6) is 0 Å². The number of ether oxygens (including phenoxy) is 13. The maximum absolute atomic E-state index is 10.8. The molecule has 0 bridgehead atoms. The molecule has 272 valence electrons. The van der Waals surface area contributed by atoms with Crippen LogP contribution in [0.1, 0.15) is 6.42 Å². The summed E-state index contributed by atoms with van der Waals surface area (Å²) in [7, 11) is 0. The Morgan fingerprint density at radius 2 is 0.565 bits per heavy atom. The zero-order valence-corrected chi connectivity index (χ0v) is 27.2. The molecule has 16 nitrogen and oxygen atoms in total. The first-order valence-electron chi connectivity index (χ1n) is 15.6. The van der Waals surface area contributed by atoms with E-state index in [2.05, 4.69) is 6.58 Å². The fourth-order valence-electron chi connectivity index (χ4n) is 2.94. The summed E-state index contributed by atoms with van der Waals surface area (Å²) in [6, 6.07) is 0. The maximum Gasteiger partial charge on any atom is 0.330 e.